The van der Waals surface area contributed by atoms with Crippen LogP contribution in [0.4, 0.5) is 0 Å². The van der Waals surface area contributed by atoms with E-state index in [0.717, 1.165) is 27.9 Å². The van der Waals surface area contributed by atoms with E-state index in [0.29, 0.717) is 0 Å². The second kappa shape index (κ2) is 6.99. The van der Waals surface area contributed by atoms with Gasteiger partial charge in [-0.2, -0.15) is 5.10 Å². The molecular formula is C26H19BrN2O. The van der Waals surface area contributed by atoms with Crippen molar-refractivity contribution in [2.24, 2.45) is 5.10 Å². The van der Waals surface area contributed by atoms with Gasteiger partial charge in [0.15, 0.2) is 0 Å². The molecular weight excluding hydrogens is 436 g/mol. The van der Waals surface area contributed by atoms with Crippen molar-refractivity contribution in [1.29, 1.82) is 0 Å². The summed E-state index contributed by atoms with van der Waals surface area (Å²) in [6, 6.07) is 31.9. The van der Waals surface area contributed by atoms with E-state index < -0.39 is 0 Å². The first kappa shape index (κ1) is 17.7. The van der Waals surface area contributed by atoms with Crippen LogP contribution >= 0.6 is 15.9 Å². The minimum atomic E-state index is -0.240. The van der Waals surface area contributed by atoms with Gasteiger partial charge in [-0.3, -0.25) is 0 Å². The smallest absolute Gasteiger partial charge is 0.213 e. The van der Waals surface area contributed by atoms with Gasteiger partial charge < -0.3 is 4.74 Å². The maximum Gasteiger partial charge on any atom is 0.213 e. The molecule has 0 saturated carbocycles. The number of fused-ring (bicyclic) bond motifs is 4. The first-order valence-corrected chi connectivity index (χ1v) is 10.9. The molecule has 3 nitrogen and oxygen atoms in total. The largest absolute Gasteiger partial charge is 0.464 e. The first-order valence-electron chi connectivity index (χ1n) is 10.1. The molecule has 0 aliphatic carbocycles. The average Bonchev–Trinajstić information content (AvgIpc) is 3.25. The first-order chi connectivity index (χ1) is 14.8. The molecule has 4 aromatic rings. The Balaban J connectivity index is 1.44. The normalized spacial score (nSPS) is 19.8. The van der Waals surface area contributed by atoms with Crippen LogP contribution in [0.25, 0.3) is 10.8 Å². The van der Waals surface area contributed by atoms with Gasteiger partial charge in [-0.25, -0.2) is 5.01 Å². The Bertz CT molecular complexity index is 1280. The Labute approximate surface area is 183 Å². The molecule has 2 aliphatic rings. The van der Waals surface area contributed by atoms with Gasteiger partial charge in [0.25, 0.3) is 0 Å². The van der Waals surface area contributed by atoms with E-state index in [1.807, 2.05) is 6.07 Å². The van der Waals surface area contributed by atoms with E-state index >= 15 is 0 Å². The van der Waals surface area contributed by atoms with Gasteiger partial charge in [0.05, 0.1) is 11.8 Å². The topological polar surface area (TPSA) is 24.8 Å². The van der Waals surface area contributed by atoms with Crippen LogP contribution in [0.3, 0.4) is 0 Å². The zero-order valence-electron chi connectivity index (χ0n) is 16.2. The second-order valence-electron chi connectivity index (χ2n) is 7.77. The SMILES string of the molecule is Brc1ccc([C@@H]2Oc3ccccc3[C@H]3CC(c4ccc5ccccc5c4)=NN32)cc1. The van der Waals surface area contributed by atoms with Crippen LogP contribution in [-0.2, 0) is 0 Å². The molecule has 0 unspecified atom stereocenters. The molecule has 2 atom stereocenters. The Morgan fingerprint density at radius 3 is 2.47 bits per heavy atom. The molecule has 0 bridgehead atoms. The highest BCUT2D eigenvalue weighted by atomic mass is 79.9. The number of benzene rings is 4. The van der Waals surface area contributed by atoms with Crippen LogP contribution in [0.1, 0.15) is 35.4 Å². The lowest BCUT2D eigenvalue weighted by Crippen LogP contribution is -2.33. The van der Waals surface area contributed by atoms with E-state index in [4.69, 9.17) is 9.84 Å². The van der Waals surface area contributed by atoms with Crippen LogP contribution in [-0.4, -0.2) is 10.7 Å². The molecule has 6 rings (SSSR count). The van der Waals surface area contributed by atoms with Crippen molar-refractivity contribution >= 4 is 32.4 Å². The predicted molar refractivity (Wildman–Crippen MR) is 124 cm³/mol. The summed E-state index contributed by atoms with van der Waals surface area (Å²) in [4.78, 5) is 0. The van der Waals surface area contributed by atoms with E-state index in [-0.39, 0.29) is 12.3 Å². The van der Waals surface area contributed by atoms with Crippen molar-refractivity contribution in [1.82, 2.24) is 5.01 Å². The minimum absolute atomic E-state index is 0.171. The van der Waals surface area contributed by atoms with Gasteiger partial charge in [-0.1, -0.05) is 82.7 Å². The molecule has 146 valence electrons. The van der Waals surface area contributed by atoms with Crippen LogP contribution < -0.4 is 4.74 Å². The van der Waals surface area contributed by atoms with E-state index in [1.54, 1.807) is 0 Å². The number of hydrazone groups is 1. The van der Waals surface area contributed by atoms with Crippen molar-refractivity contribution in [2.75, 3.05) is 0 Å². The Kier molecular flexibility index (Phi) is 4.13. The maximum absolute atomic E-state index is 6.43. The highest BCUT2D eigenvalue weighted by Gasteiger charge is 2.40. The Hall–Kier alpha value is -3.11. The molecule has 0 aromatic heterocycles. The summed E-state index contributed by atoms with van der Waals surface area (Å²) in [5.74, 6) is 0.946. The molecule has 0 radical (unpaired) electrons. The second-order valence-corrected chi connectivity index (χ2v) is 8.68. The minimum Gasteiger partial charge on any atom is -0.464 e. The van der Waals surface area contributed by atoms with Crippen molar-refractivity contribution in [3.63, 3.8) is 0 Å². The molecule has 2 heterocycles. The van der Waals surface area contributed by atoms with E-state index in [2.05, 4.69) is 106 Å². The van der Waals surface area contributed by atoms with Crippen molar-refractivity contribution in [2.45, 2.75) is 18.7 Å². The molecule has 2 aliphatic heterocycles. The molecule has 0 fully saturated rings. The molecule has 4 aromatic carbocycles. The van der Waals surface area contributed by atoms with Gasteiger partial charge in [0, 0.05) is 22.0 Å². The summed E-state index contributed by atoms with van der Waals surface area (Å²) >= 11 is 3.53. The molecule has 0 saturated heterocycles. The van der Waals surface area contributed by atoms with E-state index in [1.165, 1.54) is 21.9 Å². The number of halogens is 1. The number of hydrogen-bond acceptors (Lipinski definition) is 3. The van der Waals surface area contributed by atoms with Gasteiger partial charge in [0.1, 0.15) is 5.75 Å². The molecule has 0 spiro atoms. The third kappa shape index (κ3) is 2.91. The molecule has 4 heteroatoms. The van der Waals surface area contributed by atoms with Crippen LogP contribution in [0.15, 0.2) is 101 Å². The van der Waals surface area contributed by atoms with Crippen LogP contribution in [0.2, 0.25) is 0 Å². The van der Waals surface area contributed by atoms with Crippen molar-refractivity contribution < 1.29 is 4.74 Å². The monoisotopic (exact) mass is 454 g/mol. The zero-order chi connectivity index (χ0) is 20.1. The third-order valence-electron chi connectivity index (χ3n) is 5.94. The highest BCUT2D eigenvalue weighted by Crippen LogP contribution is 2.47. The number of rotatable bonds is 2. The maximum atomic E-state index is 6.43. The lowest BCUT2D eigenvalue weighted by atomic mass is 9.95. The van der Waals surface area contributed by atoms with Crippen LogP contribution in [0, 0.1) is 0 Å². The fourth-order valence-electron chi connectivity index (χ4n) is 4.42. The van der Waals surface area contributed by atoms with Crippen molar-refractivity contribution in [3.05, 3.63) is 112 Å². The van der Waals surface area contributed by atoms with Crippen LogP contribution in [0.5, 0.6) is 5.75 Å². The number of hydrogen-bond donors (Lipinski definition) is 0. The molecule has 0 N–H and O–H groups in total. The lowest BCUT2D eigenvalue weighted by Gasteiger charge is -2.38. The summed E-state index contributed by atoms with van der Waals surface area (Å²) in [5, 5.41) is 9.70. The Morgan fingerprint density at radius 2 is 1.60 bits per heavy atom. The summed E-state index contributed by atoms with van der Waals surface area (Å²) in [5.41, 5.74) is 4.58. The fraction of sp³-hybridized carbons (Fsp3) is 0.115. The lowest BCUT2D eigenvalue weighted by molar-refractivity contribution is -0.0190. The van der Waals surface area contributed by atoms with Gasteiger partial charge in [-0.15, -0.1) is 0 Å². The molecule has 30 heavy (non-hydrogen) atoms. The van der Waals surface area contributed by atoms with Gasteiger partial charge in [0.2, 0.25) is 6.23 Å². The van der Waals surface area contributed by atoms with Gasteiger partial charge >= 0.3 is 0 Å². The van der Waals surface area contributed by atoms with Gasteiger partial charge in [-0.05, 0) is 40.6 Å². The average molecular weight is 455 g/mol. The standard InChI is InChI=1S/C26H19BrN2O/c27-21-13-11-18(12-14-21)26-29-24(22-7-3-4-8-25(22)30-26)16-23(28-29)20-10-9-17-5-1-2-6-19(17)15-20/h1-15,24,26H,16H2/t24-,26+/m1/s1. The van der Waals surface area contributed by atoms with Crippen molar-refractivity contribution in [3.8, 4) is 5.75 Å². The summed E-state index contributed by atoms with van der Waals surface area (Å²) in [7, 11) is 0. The number of ether oxygens (including phenoxy) is 1. The predicted octanol–water partition coefficient (Wildman–Crippen LogP) is 6.84. The zero-order valence-corrected chi connectivity index (χ0v) is 17.8. The third-order valence-corrected chi connectivity index (χ3v) is 6.47. The fourth-order valence-corrected chi connectivity index (χ4v) is 4.69. The highest BCUT2D eigenvalue weighted by molar-refractivity contribution is 9.10. The number of nitrogens with zero attached hydrogens (tertiary/aromatic N) is 2. The summed E-state index contributed by atoms with van der Waals surface area (Å²) in [6.07, 6.45) is 0.627. The number of para-hydroxylation sites is 1. The quantitative estimate of drug-likeness (QED) is 0.331. The summed E-state index contributed by atoms with van der Waals surface area (Å²) < 4.78 is 7.49. The van der Waals surface area contributed by atoms with E-state index in [9.17, 15) is 0 Å². The summed E-state index contributed by atoms with van der Waals surface area (Å²) in [6.45, 7) is 0. The Morgan fingerprint density at radius 1 is 0.833 bits per heavy atom. The molecule has 0 amide bonds.